The first kappa shape index (κ1) is 21.8. The van der Waals surface area contributed by atoms with Gasteiger partial charge in [-0.2, -0.15) is 0 Å². The molecule has 0 amide bonds. The van der Waals surface area contributed by atoms with Crippen LogP contribution in [-0.2, 0) is 4.74 Å². The van der Waals surface area contributed by atoms with Gasteiger partial charge in [0, 0.05) is 11.8 Å². The lowest BCUT2D eigenvalue weighted by Gasteiger charge is -2.26. The van der Waals surface area contributed by atoms with Crippen LogP contribution >= 0.6 is 12.2 Å². The van der Waals surface area contributed by atoms with Gasteiger partial charge in [0.15, 0.2) is 5.11 Å². The monoisotopic (exact) mass is 473 g/mol. The van der Waals surface area contributed by atoms with Crippen molar-refractivity contribution >= 4 is 29.0 Å². The number of nitrogens with zero attached hydrogens (tertiary/aromatic N) is 2. The molecule has 2 atom stereocenters. The minimum Gasteiger partial charge on any atom is -0.465 e. The van der Waals surface area contributed by atoms with Crippen LogP contribution in [0.15, 0.2) is 89.5 Å². The van der Waals surface area contributed by atoms with Crippen LogP contribution in [0.25, 0.3) is 11.3 Å². The smallest absolute Gasteiger partial charge is 0.338 e. The fourth-order valence-corrected chi connectivity index (χ4v) is 4.53. The summed E-state index contributed by atoms with van der Waals surface area (Å²) in [5.74, 6) is 0.167. The summed E-state index contributed by atoms with van der Waals surface area (Å²) in [4.78, 5) is 18.5. The first-order chi connectivity index (χ1) is 16.6. The second-order valence-corrected chi connectivity index (χ2v) is 8.07. The van der Waals surface area contributed by atoms with Gasteiger partial charge in [0.1, 0.15) is 23.4 Å². The average Bonchev–Trinajstić information content (AvgIpc) is 3.49. The first-order valence-corrected chi connectivity index (χ1v) is 11.0. The molecule has 0 radical (unpaired) electrons. The Morgan fingerprint density at radius 2 is 1.82 bits per heavy atom. The van der Waals surface area contributed by atoms with E-state index in [1.165, 1.54) is 13.2 Å². The van der Waals surface area contributed by atoms with Crippen LogP contribution in [0.2, 0.25) is 0 Å². The van der Waals surface area contributed by atoms with E-state index in [0.717, 1.165) is 5.69 Å². The maximum atomic E-state index is 14.9. The predicted octanol–water partition coefficient (Wildman–Crippen LogP) is 5.44. The summed E-state index contributed by atoms with van der Waals surface area (Å²) in [6, 6.07) is 21.8. The molecule has 4 aromatic rings. The summed E-state index contributed by atoms with van der Waals surface area (Å²) in [6.07, 6.45) is 1.70. The number of methoxy groups -OCH3 is 1. The molecule has 170 valence electrons. The number of ether oxygens (including phenoxy) is 1. The van der Waals surface area contributed by atoms with Gasteiger partial charge in [0.25, 0.3) is 0 Å². The maximum absolute atomic E-state index is 14.9. The SMILES string of the molecule is COC(=O)c1ccccc1-c1ccc([C@H]2[C@H](c3ccccn3)NC(=S)N2c2ccccc2F)o1. The van der Waals surface area contributed by atoms with Crippen LogP contribution < -0.4 is 10.2 Å². The predicted molar refractivity (Wildman–Crippen MR) is 130 cm³/mol. The summed E-state index contributed by atoms with van der Waals surface area (Å²) in [7, 11) is 1.33. The van der Waals surface area contributed by atoms with Crippen molar-refractivity contribution in [1.29, 1.82) is 0 Å². The van der Waals surface area contributed by atoms with Gasteiger partial charge in [-0.3, -0.25) is 4.98 Å². The number of rotatable bonds is 5. The lowest BCUT2D eigenvalue weighted by Crippen LogP contribution is -2.30. The zero-order valence-electron chi connectivity index (χ0n) is 18.1. The summed E-state index contributed by atoms with van der Waals surface area (Å²) in [5, 5.41) is 3.64. The Balaban J connectivity index is 1.62. The molecule has 6 nitrogen and oxygen atoms in total. The molecule has 2 aromatic heterocycles. The maximum Gasteiger partial charge on any atom is 0.338 e. The fourth-order valence-electron chi connectivity index (χ4n) is 4.19. The molecule has 2 aromatic carbocycles. The highest BCUT2D eigenvalue weighted by molar-refractivity contribution is 7.80. The van der Waals surface area contributed by atoms with E-state index < -0.39 is 17.8 Å². The molecular weight excluding hydrogens is 453 g/mol. The van der Waals surface area contributed by atoms with E-state index in [1.807, 2.05) is 30.3 Å². The number of nitrogens with one attached hydrogen (secondary N) is 1. The normalized spacial score (nSPS) is 17.5. The third kappa shape index (κ3) is 3.82. The number of carbonyl (C=O) groups excluding carboxylic acids is 1. The van der Waals surface area contributed by atoms with Crippen LogP contribution in [-0.4, -0.2) is 23.2 Å². The van der Waals surface area contributed by atoms with Crippen LogP contribution in [0.4, 0.5) is 10.1 Å². The quantitative estimate of drug-likeness (QED) is 0.306. The number of pyridine rings is 1. The summed E-state index contributed by atoms with van der Waals surface area (Å²) in [5.41, 5.74) is 2.05. The number of thiocarbonyl (C=S) groups is 1. The van der Waals surface area contributed by atoms with Crippen molar-refractivity contribution in [2.75, 3.05) is 12.0 Å². The Bertz CT molecular complexity index is 1360. The number of carbonyl (C=O) groups is 1. The van der Waals surface area contributed by atoms with Gasteiger partial charge in [-0.25, -0.2) is 9.18 Å². The molecule has 0 bridgehead atoms. The van der Waals surface area contributed by atoms with Gasteiger partial charge in [-0.05, 0) is 54.7 Å². The third-order valence-corrected chi connectivity index (χ3v) is 6.04. The summed E-state index contributed by atoms with van der Waals surface area (Å²) >= 11 is 5.62. The fraction of sp³-hybridized carbons (Fsp3) is 0.115. The Morgan fingerprint density at radius 1 is 1.06 bits per heavy atom. The number of aromatic nitrogens is 1. The van der Waals surface area contributed by atoms with Gasteiger partial charge in [-0.1, -0.05) is 36.4 Å². The minimum absolute atomic E-state index is 0.330. The molecule has 0 saturated carbocycles. The zero-order valence-corrected chi connectivity index (χ0v) is 19.0. The Labute approximate surface area is 201 Å². The Kier molecular flexibility index (Phi) is 5.81. The lowest BCUT2D eigenvalue weighted by atomic mass is 10.0. The van der Waals surface area contributed by atoms with Gasteiger partial charge in [0.2, 0.25) is 0 Å². The van der Waals surface area contributed by atoms with E-state index in [9.17, 15) is 9.18 Å². The van der Waals surface area contributed by atoms with Crippen molar-refractivity contribution in [3.63, 3.8) is 0 Å². The third-order valence-electron chi connectivity index (χ3n) is 5.73. The number of esters is 1. The number of anilines is 1. The van der Waals surface area contributed by atoms with E-state index in [1.54, 1.807) is 53.6 Å². The van der Waals surface area contributed by atoms with Crippen molar-refractivity contribution in [2.45, 2.75) is 12.1 Å². The number of hydrogen-bond acceptors (Lipinski definition) is 5. The van der Waals surface area contributed by atoms with E-state index >= 15 is 0 Å². The minimum atomic E-state index is -0.515. The molecule has 1 aliphatic rings. The Hall–Kier alpha value is -4.04. The molecule has 1 saturated heterocycles. The number of para-hydroxylation sites is 1. The topological polar surface area (TPSA) is 67.6 Å². The van der Waals surface area contributed by atoms with E-state index in [-0.39, 0.29) is 6.04 Å². The van der Waals surface area contributed by atoms with E-state index in [0.29, 0.717) is 33.4 Å². The van der Waals surface area contributed by atoms with Crippen LogP contribution in [0.1, 0.15) is 33.9 Å². The zero-order chi connectivity index (χ0) is 23.7. The number of benzene rings is 2. The molecule has 5 rings (SSSR count). The highest BCUT2D eigenvalue weighted by Gasteiger charge is 2.43. The van der Waals surface area contributed by atoms with Gasteiger partial charge >= 0.3 is 5.97 Å². The van der Waals surface area contributed by atoms with Crippen LogP contribution in [0, 0.1) is 5.82 Å². The van der Waals surface area contributed by atoms with Crippen molar-refractivity contribution < 1.29 is 18.3 Å². The summed E-state index contributed by atoms with van der Waals surface area (Å²) in [6.45, 7) is 0. The highest BCUT2D eigenvalue weighted by atomic mass is 32.1. The molecule has 1 aliphatic heterocycles. The van der Waals surface area contributed by atoms with Crippen molar-refractivity contribution in [3.8, 4) is 11.3 Å². The molecule has 0 spiro atoms. The summed E-state index contributed by atoms with van der Waals surface area (Å²) < 4.78 is 26.1. The molecule has 1 N–H and O–H groups in total. The van der Waals surface area contributed by atoms with Crippen molar-refractivity contribution in [3.05, 3.63) is 108 Å². The van der Waals surface area contributed by atoms with Crippen molar-refractivity contribution in [1.82, 2.24) is 10.3 Å². The highest BCUT2D eigenvalue weighted by Crippen LogP contribution is 2.43. The van der Waals surface area contributed by atoms with Gasteiger partial charge in [0.05, 0.1) is 30.1 Å². The molecular formula is C26H20FN3O3S. The molecule has 34 heavy (non-hydrogen) atoms. The number of furan rings is 1. The molecule has 8 heteroatoms. The first-order valence-electron chi connectivity index (χ1n) is 10.6. The van der Waals surface area contributed by atoms with Crippen LogP contribution in [0.3, 0.4) is 0 Å². The second kappa shape index (κ2) is 9.07. The van der Waals surface area contributed by atoms with E-state index in [4.69, 9.17) is 21.4 Å². The van der Waals surface area contributed by atoms with Crippen LogP contribution in [0.5, 0.6) is 0 Å². The molecule has 3 heterocycles. The Morgan fingerprint density at radius 3 is 2.59 bits per heavy atom. The molecule has 0 aliphatic carbocycles. The second-order valence-electron chi connectivity index (χ2n) is 7.69. The van der Waals surface area contributed by atoms with Gasteiger partial charge < -0.3 is 19.4 Å². The number of hydrogen-bond donors (Lipinski definition) is 1. The lowest BCUT2D eigenvalue weighted by molar-refractivity contribution is 0.0601. The van der Waals surface area contributed by atoms with Crippen molar-refractivity contribution in [2.24, 2.45) is 0 Å². The van der Waals surface area contributed by atoms with E-state index in [2.05, 4.69) is 10.3 Å². The standard InChI is InChI=1S/C26H20FN3O3S/c1-32-25(31)17-9-3-2-8-16(17)21-13-14-22(33-21)24-23(19-11-6-7-15-28-19)29-26(34)30(24)20-12-5-4-10-18(20)27/h2-15,23-24H,1H3,(H,29,34)/t23-,24-/m0/s1. The largest absolute Gasteiger partial charge is 0.465 e. The number of halogens is 1. The van der Waals surface area contributed by atoms with Gasteiger partial charge in [-0.15, -0.1) is 0 Å². The molecule has 0 unspecified atom stereocenters. The average molecular weight is 474 g/mol. The molecule has 1 fully saturated rings.